The average Bonchev–Trinajstić information content (AvgIpc) is 2.99. The summed E-state index contributed by atoms with van der Waals surface area (Å²) in [4.78, 5) is 28.9. The highest BCUT2D eigenvalue weighted by Crippen LogP contribution is 2.27. The number of hydrogen-bond donors (Lipinski definition) is 1. The Labute approximate surface area is 257 Å². The summed E-state index contributed by atoms with van der Waals surface area (Å²) < 4.78 is 32.9. The summed E-state index contributed by atoms with van der Waals surface area (Å²) in [6.07, 6.45) is 1.27. The van der Waals surface area contributed by atoms with Crippen molar-refractivity contribution >= 4 is 39.1 Å². The van der Waals surface area contributed by atoms with Crippen molar-refractivity contribution in [1.29, 1.82) is 0 Å². The molecule has 4 aromatic rings. The molecule has 1 atom stereocenters. The summed E-state index contributed by atoms with van der Waals surface area (Å²) in [5.74, 6) is 0.242. The number of amides is 2. The average molecular weight is 620 g/mol. The molecule has 0 unspecified atom stereocenters. The fraction of sp³-hybridized carbons (Fsp3) is 0.212. The molecule has 0 bridgehead atoms. The Balaban J connectivity index is 1.67. The van der Waals surface area contributed by atoms with E-state index < -0.39 is 28.5 Å². The number of nitrogens with one attached hydrogen (secondary N) is 1. The molecule has 43 heavy (non-hydrogen) atoms. The molecule has 0 saturated heterocycles. The molecule has 2 amide bonds. The fourth-order valence-electron chi connectivity index (χ4n) is 4.57. The molecule has 8 nitrogen and oxygen atoms in total. The van der Waals surface area contributed by atoms with Crippen molar-refractivity contribution in [3.63, 3.8) is 0 Å². The van der Waals surface area contributed by atoms with Crippen molar-refractivity contribution in [1.82, 2.24) is 10.2 Å². The van der Waals surface area contributed by atoms with E-state index in [4.69, 9.17) is 16.3 Å². The van der Waals surface area contributed by atoms with Crippen LogP contribution >= 0.6 is 11.6 Å². The lowest BCUT2D eigenvalue weighted by molar-refractivity contribution is -0.140. The monoisotopic (exact) mass is 619 g/mol. The van der Waals surface area contributed by atoms with E-state index in [-0.39, 0.29) is 24.6 Å². The van der Waals surface area contributed by atoms with Crippen molar-refractivity contribution in [2.24, 2.45) is 0 Å². The normalized spacial score (nSPS) is 11.8. The van der Waals surface area contributed by atoms with Gasteiger partial charge in [0.25, 0.3) is 0 Å². The SMILES string of the molecule is CCNC(=O)[C@H](Cc1ccccc1)N(Cc1ccccc1Cl)C(=O)CN(c1ccc(Oc2ccccc2)cc1)S(C)(=O)=O. The number of hydrogen-bond acceptors (Lipinski definition) is 5. The molecule has 0 aliphatic carbocycles. The number of likely N-dealkylation sites (N-methyl/N-ethyl adjacent to an activating group) is 1. The van der Waals surface area contributed by atoms with E-state index in [1.807, 2.05) is 60.7 Å². The number of carbonyl (C=O) groups excluding carboxylic acids is 2. The van der Waals surface area contributed by atoms with Crippen molar-refractivity contribution in [2.75, 3.05) is 23.7 Å². The van der Waals surface area contributed by atoms with Gasteiger partial charge in [-0.15, -0.1) is 0 Å². The third-order valence-electron chi connectivity index (χ3n) is 6.70. The Morgan fingerprint density at radius 3 is 2.02 bits per heavy atom. The number of nitrogens with zero attached hydrogens (tertiary/aromatic N) is 2. The van der Waals surface area contributed by atoms with E-state index >= 15 is 0 Å². The van der Waals surface area contributed by atoms with Crippen molar-refractivity contribution in [2.45, 2.75) is 25.9 Å². The third kappa shape index (κ3) is 8.83. The van der Waals surface area contributed by atoms with Gasteiger partial charge in [-0.3, -0.25) is 13.9 Å². The summed E-state index contributed by atoms with van der Waals surface area (Å²) in [6, 6.07) is 31.1. The lowest BCUT2D eigenvalue weighted by Crippen LogP contribution is -2.53. The predicted molar refractivity (Wildman–Crippen MR) is 170 cm³/mol. The van der Waals surface area contributed by atoms with Gasteiger partial charge in [-0.25, -0.2) is 8.42 Å². The van der Waals surface area contributed by atoms with Crippen molar-refractivity contribution in [3.05, 3.63) is 125 Å². The van der Waals surface area contributed by atoms with Gasteiger partial charge in [-0.1, -0.05) is 78.3 Å². The summed E-state index contributed by atoms with van der Waals surface area (Å²) in [7, 11) is -3.90. The maximum Gasteiger partial charge on any atom is 0.244 e. The van der Waals surface area contributed by atoms with Crippen LogP contribution in [0.25, 0.3) is 0 Å². The largest absolute Gasteiger partial charge is 0.457 e. The molecular weight excluding hydrogens is 586 g/mol. The molecule has 0 aliphatic heterocycles. The Kier molecular flexibility index (Phi) is 10.8. The zero-order valence-electron chi connectivity index (χ0n) is 24.0. The Hall–Kier alpha value is -4.34. The van der Waals surface area contributed by atoms with Crippen molar-refractivity contribution < 1.29 is 22.7 Å². The molecule has 0 radical (unpaired) electrons. The minimum absolute atomic E-state index is 0.00853. The highest BCUT2D eigenvalue weighted by Gasteiger charge is 2.33. The lowest BCUT2D eigenvalue weighted by atomic mass is 10.0. The molecular formula is C33H34ClN3O5S. The van der Waals surface area contributed by atoms with Gasteiger partial charge in [0.15, 0.2) is 0 Å². The summed E-state index contributed by atoms with van der Waals surface area (Å²) in [5, 5.41) is 3.27. The van der Waals surface area contributed by atoms with E-state index in [0.29, 0.717) is 28.6 Å². The van der Waals surface area contributed by atoms with Gasteiger partial charge in [0, 0.05) is 24.5 Å². The first-order chi connectivity index (χ1) is 20.7. The highest BCUT2D eigenvalue weighted by molar-refractivity contribution is 7.92. The molecule has 224 valence electrons. The first-order valence-electron chi connectivity index (χ1n) is 13.8. The van der Waals surface area contributed by atoms with E-state index in [1.54, 1.807) is 55.5 Å². The highest BCUT2D eigenvalue weighted by atomic mass is 35.5. The number of halogens is 1. The van der Waals surface area contributed by atoms with Gasteiger partial charge < -0.3 is 15.0 Å². The predicted octanol–water partition coefficient (Wildman–Crippen LogP) is 5.67. The molecule has 0 aromatic heterocycles. The molecule has 4 aromatic carbocycles. The minimum atomic E-state index is -3.90. The summed E-state index contributed by atoms with van der Waals surface area (Å²) >= 11 is 6.47. The maximum atomic E-state index is 14.1. The first kappa shape index (κ1) is 31.6. The summed E-state index contributed by atoms with van der Waals surface area (Å²) in [6.45, 7) is 1.65. The first-order valence-corrected chi connectivity index (χ1v) is 16.0. The molecule has 0 aliphatic rings. The quantitative estimate of drug-likeness (QED) is 0.208. The number of sulfonamides is 1. The number of para-hydroxylation sites is 1. The second-order valence-electron chi connectivity index (χ2n) is 9.89. The Morgan fingerprint density at radius 2 is 1.42 bits per heavy atom. The standard InChI is InChI=1S/C33H34ClN3O5S/c1-3-35-33(39)31(22-25-12-6-4-7-13-25)36(23-26-14-10-11-17-30(26)34)32(38)24-37(43(2,40)41)27-18-20-29(21-19-27)42-28-15-8-5-9-16-28/h4-21,31H,3,22-24H2,1-2H3,(H,35,39)/t31-/m0/s1. The van der Waals surface area contributed by atoms with Gasteiger partial charge in [-0.05, 0) is 60.5 Å². The van der Waals surface area contributed by atoms with E-state index in [1.165, 1.54) is 4.90 Å². The second kappa shape index (κ2) is 14.7. The molecule has 0 spiro atoms. The van der Waals surface area contributed by atoms with Crippen molar-refractivity contribution in [3.8, 4) is 11.5 Å². The fourth-order valence-corrected chi connectivity index (χ4v) is 5.62. The molecule has 0 saturated carbocycles. The molecule has 1 N–H and O–H groups in total. The zero-order chi connectivity index (χ0) is 30.8. The van der Waals surface area contributed by atoms with Crippen LogP contribution in [0.15, 0.2) is 109 Å². The number of anilines is 1. The maximum absolute atomic E-state index is 14.1. The van der Waals surface area contributed by atoms with E-state index in [0.717, 1.165) is 16.1 Å². The molecule has 0 heterocycles. The number of carbonyl (C=O) groups is 2. The van der Waals surface area contributed by atoms with Crippen LogP contribution in [0.2, 0.25) is 5.02 Å². The number of rotatable bonds is 13. The van der Waals surface area contributed by atoms with Crippen LogP contribution in [-0.2, 0) is 32.6 Å². The zero-order valence-corrected chi connectivity index (χ0v) is 25.6. The number of benzene rings is 4. The van der Waals surface area contributed by atoms with Crippen LogP contribution in [0.5, 0.6) is 11.5 Å². The van der Waals surface area contributed by atoms with Crippen LogP contribution < -0.4 is 14.4 Å². The Bertz CT molecular complexity index is 1620. The summed E-state index contributed by atoms with van der Waals surface area (Å²) in [5.41, 5.74) is 1.77. The molecule has 4 rings (SSSR count). The second-order valence-corrected chi connectivity index (χ2v) is 12.2. The van der Waals surface area contributed by atoms with Gasteiger partial charge in [0.05, 0.1) is 11.9 Å². The van der Waals surface area contributed by atoms with E-state index in [9.17, 15) is 18.0 Å². The van der Waals surface area contributed by atoms with Gasteiger partial charge in [0.1, 0.15) is 24.1 Å². The van der Waals surface area contributed by atoms with Crippen LogP contribution in [0.4, 0.5) is 5.69 Å². The smallest absolute Gasteiger partial charge is 0.244 e. The van der Waals surface area contributed by atoms with Crippen LogP contribution in [0.1, 0.15) is 18.1 Å². The Morgan fingerprint density at radius 1 is 0.837 bits per heavy atom. The molecule has 10 heteroatoms. The minimum Gasteiger partial charge on any atom is -0.457 e. The van der Waals surface area contributed by atoms with E-state index in [2.05, 4.69) is 5.32 Å². The third-order valence-corrected chi connectivity index (χ3v) is 8.21. The van der Waals surface area contributed by atoms with Gasteiger partial charge >= 0.3 is 0 Å². The topological polar surface area (TPSA) is 96.0 Å². The van der Waals surface area contributed by atoms with Crippen LogP contribution in [0, 0.1) is 0 Å². The lowest BCUT2D eigenvalue weighted by Gasteiger charge is -2.33. The number of ether oxygens (including phenoxy) is 1. The van der Waals surface area contributed by atoms with Crippen LogP contribution in [-0.4, -0.2) is 50.5 Å². The molecule has 0 fully saturated rings. The van der Waals surface area contributed by atoms with Gasteiger partial charge in [-0.2, -0.15) is 0 Å². The van der Waals surface area contributed by atoms with Crippen LogP contribution in [0.3, 0.4) is 0 Å². The van der Waals surface area contributed by atoms with Gasteiger partial charge in [0.2, 0.25) is 21.8 Å².